The molecule has 1 heterocycles. The van der Waals surface area contributed by atoms with Crippen molar-refractivity contribution in [2.75, 3.05) is 0 Å². The first kappa shape index (κ1) is 16.6. The van der Waals surface area contributed by atoms with Crippen molar-refractivity contribution in [3.05, 3.63) is 28.9 Å². The molecule has 2 N–H and O–H groups in total. The number of hydrogen-bond acceptors (Lipinski definition) is 3. The van der Waals surface area contributed by atoms with Crippen LogP contribution in [-0.4, -0.2) is 29.8 Å². The molecule has 0 radical (unpaired) electrons. The van der Waals surface area contributed by atoms with Crippen LogP contribution in [0.5, 0.6) is 5.75 Å². The minimum atomic E-state index is -1.83. The maximum Gasteiger partial charge on any atom is 0.707 e. The van der Waals surface area contributed by atoms with Crippen molar-refractivity contribution in [1.82, 2.24) is 4.23 Å². The lowest BCUT2D eigenvalue weighted by Gasteiger charge is -2.38. The molecular weight excluding hydrogens is 349 g/mol. The van der Waals surface area contributed by atoms with E-state index in [-0.39, 0.29) is 5.04 Å². The monoisotopic (exact) mass is 369 g/mol. The number of fused-ring (bicyclic) bond motifs is 1. The van der Waals surface area contributed by atoms with Crippen molar-refractivity contribution in [1.29, 1.82) is 0 Å². The molecule has 0 aliphatic rings. The third-order valence-corrected chi connectivity index (χ3v) is 10.1. The Bertz CT molecular complexity index is 664. The zero-order chi connectivity index (χ0) is 16.0. The summed E-state index contributed by atoms with van der Waals surface area (Å²) in [5.74, 6) is 0.492. The summed E-state index contributed by atoms with van der Waals surface area (Å²) in [6, 6.07) is 5.97. The van der Waals surface area contributed by atoms with E-state index >= 15 is 0 Å². The third kappa shape index (κ3) is 3.06. The van der Waals surface area contributed by atoms with Crippen LogP contribution in [0, 0.1) is 0 Å². The van der Waals surface area contributed by atoms with E-state index in [1.807, 2.05) is 24.4 Å². The second-order valence-electron chi connectivity index (χ2n) is 6.78. The molecule has 0 bridgehead atoms. The van der Waals surface area contributed by atoms with Gasteiger partial charge in [-0.15, -0.1) is 0 Å². The van der Waals surface area contributed by atoms with Crippen molar-refractivity contribution in [3.8, 4) is 5.75 Å². The molecule has 0 fully saturated rings. The average Bonchev–Trinajstić information content (AvgIpc) is 2.66. The maximum atomic E-state index is 9.13. The summed E-state index contributed by atoms with van der Waals surface area (Å²) < 4.78 is 8.36. The Kier molecular flexibility index (Phi) is 4.32. The topological polar surface area (TPSA) is 54.6 Å². The maximum absolute atomic E-state index is 9.13. The first-order valence-electron chi connectivity index (χ1n) is 6.88. The summed E-state index contributed by atoms with van der Waals surface area (Å²) in [6.45, 7) is 11.3. The fourth-order valence-corrected chi connectivity index (χ4v) is 4.52. The predicted molar refractivity (Wildman–Crippen MR) is 93.1 cm³/mol. The first-order chi connectivity index (χ1) is 9.54. The lowest BCUT2D eigenvalue weighted by Crippen LogP contribution is -2.44. The van der Waals surface area contributed by atoms with Crippen LogP contribution in [0.2, 0.25) is 18.1 Å². The van der Waals surface area contributed by atoms with Gasteiger partial charge in [-0.3, -0.25) is 0 Å². The van der Waals surface area contributed by atoms with Crippen LogP contribution in [0.3, 0.4) is 0 Å². The molecule has 1 aromatic heterocycles. The molecule has 4 nitrogen and oxygen atoms in total. The molecule has 0 atom stereocenters. The predicted octanol–water partition coefficient (Wildman–Crippen LogP) is 3.61. The Morgan fingerprint density at radius 3 is 2.38 bits per heavy atom. The fraction of sp³-hybridized carbons (Fsp3) is 0.429. The number of benzene rings is 1. The summed E-state index contributed by atoms with van der Waals surface area (Å²) in [5.41, 5.74) is 1.06. The summed E-state index contributed by atoms with van der Waals surface area (Å²) >= 11 is 3.45. The Labute approximate surface area is 135 Å². The summed E-state index contributed by atoms with van der Waals surface area (Å²) in [5, 5.41) is 19.3. The lowest BCUT2D eigenvalue weighted by atomic mass is 10.2. The Morgan fingerprint density at radius 2 is 1.86 bits per heavy atom. The van der Waals surface area contributed by atoms with Gasteiger partial charge in [-0.2, -0.15) is 0 Å². The van der Waals surface area contributed by atoms with Crippen LogP contribution in [0.4, 0.5) is 0 Å². The van der Waals surface area contributed by atoms with Crippen LogP contribution < -0.4 is 4.65 Å². The van der Waals surface area contributed by atoms with Gasteiger partial charge in [-0.25, -0.2) is 0 Å². The van der Waals surface area contributed by atoms with Crippen molar-refractivity contribution < 1.29 is 14.7 Å². The minimum absolute atomic E-state index is 0.154. The SMILES string of the molecule is CC(C)(C)[Si](C)(C)n1cc(OB(O)O)c2cc(Br)ccc21. The van der Waals surface area contributed by atoms with Crippen molar-refractivity contribution >= 4 is 42.4 Å². The molecule has 114 valence electrons. The highest BCUT2D eigenvalue weighted by Crippen LogP contribution is 2.41. The van der Waals surface area contributed by atoms with Gasteiger partial charge in [0.2, 0.25) is 0 Å². The Balaban J connectivity index is 2.71. The average molecular weight is 370 g/mol. The number of halogens is 1. The Hall–Kier alpha value is -0.758. The second kappa shape index (κ2) is 5.46. The van der Waals surface area contributed by atoms with E-state index in [0.717, 1.165) is 15.4 Å². The van der Waals surface area contributed by atoms with Gasteiger partial charge in [-0.1, -0.05) is 49.8 Å². The smallest absolute Gasteiger partial charge is 0.510 e. The standard InChI is InChI=1S/C14H21BBrNO3Si/c1-14(2,3)21(4,5)17-9-13(20-15(18)19)11-8-10(16)6-7-12(11)17/h6-9,18-19H,1-5H3. The number of aromatic nitrogens is 1. The van der Waals surface area contributed by atoms with Gasteiger partial charge in [0, 0.05) is 21.6 Å². The molecule has 7 heteroatoms. The van der Waals surface area contributed by atoms with Crippen molar-refractivity contribution in [3.63, 3.8) is 0 Å². The van der Waals surface area contributed by atoms with E-state index in [1.165, 1.54) is 0 Å². The second-order valence-corrected chi connectivity index (χ2v) is 12.8. The molecule has 2 rings (SSSR count). The van der Waals surface area contributed by atoms with Gasteiger partial charge in [0.1, 0.15) is 5.75 Å². The Morgan fingerprint density at radius 1 is 1.24 bits per heavy atom. The minimum Gasteiger partial charge on any atom is -0.510 e. The van der Waals surface area contributed by atoms with Crippen LogP contribution in [0.1, 0.15) is 20.8 Å². The van der Waals surface area contributed by atoms with Crippen LogP contribution in [0.25, 0.3) is 10.9 Å². The molecule has 21 heavy (non-hydrogen) atoms. The number of nitrogens with zero attached hydrogens (tertiary/aromatic N) is 1. The normalized spacial score (nSPS) is 12.8. The zero-order valence-electron chi connectivity index (χ0n) is 13.0. The van der Waals surface area contributed by atoms with Gasteiger partial charge in [0.05, 0.1) is 0 Å². The molecule has 0 amide bonds. The number of hydrogen-bond donors (Lipinski definition) is 2. The molecule has 0 aliphatic heterocycles. The molecule has 1 aromatic carbocycles. The van der Waals surface area contributed by atoms with Gasteiger partial charge in [0.15, 0.2) is 8.24 Å². The molecule has 0 aliphatic carbocycles. The zero-order valence-corrected chi connectivity index (χ0v) is 15.6. The highest BCUT2D eigenvalue weighted by molar-refractivity contribution is 9.10. The van der Waals surface area contributed by atoms with Crippen molar-refractivity contribution in [2.24, 2.45) is 0 Å². The van der Waals surface area contributed by atoms with Gasteiger partial charge in [0.25, 0.3) is 0 Å². The van der Waals surface area contributed by atoms with Gasteiger partial charge < -0.3 is 18.9 Å². The first-order valence-corrected chi connectivity index (χ1v) is 10.6. The fourth-order valence-electron chi connectivity index (χ4n) is 2.20. The molecular formula is C14H21BBrNO3Si. The largest absolute Gasteiger partial charge is 0.707 e. The van der Waals surface area contributed by atoms with E-state index in [0.29, 0.717) is 5.75 Å². The van der Waals surface area contributed by atoms with Gasteiger partial charge >= 0.3 is 7.32 Å². The highest BCUT2D eigenvalue weighted by atomic mass is 79.9. The highest BCUT2D eigenvalue weighted by Gasteiger charge is 2.39. The third-order valence-electron chi connectivity index (χ3n) is 4.40. The summed E-state index contributed by atoms with van der Waals surface area (Å²) in [6.07, 6.45) is 1.90. The van der Waals surface area contributed by atoms with E-state index in [9.17, 15) is 0 Å². The van der Waals surface area contributed by atoms with E-state index in [4.69, 9.17) is 14.7 Å². The molecule has 0 saturated heterocycles. The molecule has 0 saturated carbocycles. The van der Waals surface area contributed by atoms with E-state index in [2.05, 4.69) is 54.0 Å². The van der Waals surface area contributed by atoms with E-state index in [1.54, 1.807) is 0 Å². The molecule has 0 unspecified atom stereocenters. The molecule has 2 aromatic rings. The van der Waals surface area contributed by atoms with Crippen LogP contribution >= 0.6 is 15.9 Å². The van der Waals surface area contributed by atoms with E-state index < -0.39 is 15.6 Å². The van der Waals surface area contributed by atoms with Crippen molar-refractivity contribution in [2.45, 2.75) is 38.9 Å². The van der Waals surface area contributed by atoms with Crippen LogP contribution in [0.15, 0.2) is 28.9 Å². The van der Waals surface area contributed by atoms with Gasteiger partial charge in [-0.05, 0) is 23.2 Å². The summed E-state index contributed by atoms with van der Waals surface area (Å²) in [7, 11) is -3.65. The lowest BCUT2D eigenvalue weighted by molar-refractivity contribution is 0.289. The van der Waals surface area contributed by atoms with Crippen LogP contribution in [-0.2, 0) is 0 Å². The summed E-state index contributed by atoms with van der Waals surface area (Å²) in [4.78, 5) is 0. The number of rotatable bonds is 3. The quantitative estimate of drug-likeness (QED) is 0.812. The molecule has 0 spiro atoms.